The first-order chi connectivity index (χ1) is 20.4. The average Bonchev–Trinajstić information content (AvgIpc) is 3.59. The molecule has 0 atom stereocenters. The lowest BCUT2D eigenvalue weighted by atomic mass is 10.0. The molecule has 0 unspecified atom stereocenters. The van der Waals surface area contributed by atoms with Gasteiger partial charge in [-0.25, -0.2) is 4.98 Å². The van der Waals surface area contributed by atoms with Crippen LogP contribution in [0.2, 0.25) is 0 Å². The Hall–Kier alpha value is -4.95. The Morgan fingerprint density at radius 3 is 2.36 bits per heavy atom. The predicted octanol–water partition coefficient (Wildman–Crippen LogP) is 9.84. The summed E-state index contributed by atoms with van der Waals surface area (Å²) in [5.74, 6) is 1.18. The van der Waals surface area contributed by atoms with Crippen LogP contribution in [0, 0.1) is 0 Å². The molecule has 0 bridgehead atoms. The van der Waals surface area contributed by atoms with E-state index in [0.29, 0.717) is 34.7 Å². The largest absolute Gasteiger partial charge is 0.457 e. The van der Waals surface area contributed by atoms with Crippen molar-refractivity contribution in [3.8, 4) is 33.3 Å². The Bertz CT molecular complexity index is 2010. The summed E-state index contributed by atoms with van der Waals surface area (Å²) >= 11 is 1.59. The Balaban J connectivity index is 1.32. The fraction of sp³-hybridized carbons (Fsp3) is 0.0588. The van der Waals surface area contributed by atoms with Crippen molar-refractivity contribution < 1.29 is 17.9 Å². The molecule has 42 heavy (non-hydrogen) atoms. The maximum absolute atomic E-state index is 14.0. The minimum atomic E-state index is -4.53. The van der Waals surface area contributed by atoms with Crippen LogP contribution in [0.15, 0.2) is 121 Å². The number of benzene rings is 5. The van der Waals surface area contributed by atoms with Crippen LogP contribution in [-0.2, 0) is 12.7 Å². The highest BCUT2D eigenvalue weighted by molar-refractivity contribution is 7.21. The zero-order valence-corrected chi connectivity index (χ0v) is 22.9. The number of aromatic nitrogens is 3. The lowest BCUT2D eigenvalue weighted by molar-refractivity contribution is -0.136. The summed E-state index contributed by atoms with van der Waals surface area (Å²) in [6, 6.07) is 36.8. The minimum Gasteiger partial charge on any atom is -0.457 e. The van der Waals surface area contributed by atoms with Crippen LogP contribution in [0.3, 0.4) is 0 Å². The van der Waals surface area contributed by atoms with Gasteiger partial charge in [0, 0.05) is 10.9 Å². The van der Waals surface area contributed by atoms with Crippen LogP contribution in [0.5, 0.6) is 11.5 Å². The maximum atomic E-state index is 14.0. The fourth-order valence-electron chi connectivity index (χ4n) is 5.11. The normalized spacial score (nSPS) is 11.8. The topological polar surface area (TPSA) is 39.9 Å². The van der Waals surface area contributed by atoms with Gasteiger partial charge < -0.3 is 4.74 Å². The number of fused-ring (bicyclic) bond motifs is 2. The molecule has 2 aromatic heterocycles. The van der Waals surface area contributed by atoms with Crippen molar-refractivity contribution in [2.75, 3.05) is 0 Å². The highest BCUT2D eigenvalue weighted by Gasteiger charge is 2.34. The standard InChI is InChI=1S/C34H22F3N3OS/c35-34(36,37)27-16-9-15-26-31(27)39-40(21-22-10-2-1-3-11-22)32(26)23-12-8-13-24(20-23)41-29-18-6-4-14-25(29)33-38-28-17-5-7-19-30(28)42-33/h1-20H,21H2. The number of halogens is 3. The molecule has 5 aromatic carbocycles. The number of ether oxygens (including phenoxy) is 1. The summed E-state index contributed by atoms with van der Waals surface area (Å²) in [6.07, 6.45) is -4.53. The smallest absolute Gasteiger partial charge is 0.418 e. The molecule has 7 aromatic rings. The maximum Gasteiger partial charge on any atom is 0.418 e. The van der Waals surface area contributed by atoms with Gasteiger partial charge >= 0.3 is 6.18 Å². The SMILES string of the molecule is FC(F)(F)c1cccc2c(-c3cccc(Oc4ccccc4-c4nc5ccccc5s4)c3)n(Cc3ccccc3)nc12. The first-order valence-corrected chi connectivity index (χ1v) is 14.1. The van der Waals surface area contributed by atoms with Crippen LogP contribution in [0.4, 0.5) is 13.2 Å². The molecule has 2 heterocycles. The van der Waals surface area contributed by atoms with E-state index in [1.807, 2.05) is 103 Å². The van der Waals surface area contributed by atoms with Crippen LogP contribution < -0.4 is 4.74 Å². The fourth-order valence-corrected chi connectivity index (χ4v) is 6.11. The molecule has 0 aliphatic rings. The quantitative estimate of drug-likeness (QED) is 0.198. The number of para-hydroxylation sites is 2. The highest BCUT2D eigenvalue weighted by Crippen LogP contribution is 2.41. The van der Waals surface area contributed by atoms with E-state index in [-0.39, 0.29) is 5.52 Å². The number of hydrogen-bond acceptors (Lipinski definition) is 4. The second-order valence-corrected chi connectivity index (χ2v) is 10.8. The van der Waals surface area contributed by atoms with Gasteiger partial charge in [0.15, 0.2) is 0 Å². The highest BCUT2D eigenvalue weighted by atomic mass is 32.1. The third-order valence-corrected chi connectivity index (χ3v) is 8.07. The monoisotopic (exact) mass is 577 g/mol. The van der Waals surface area contributed by atoms with Crippen LogP contribution in [0.1, 0.15) is 11.1 Å². The summed E-state index contributed by atoms with van der Waals surface area (Å²) in [5.41, 5.74) is 3.16. The number of nitrogens with zero attached hydrogens (tertiary/aromatic N) is 3. The lowest BCUT2D eigenvalue weighted by Gasteiger charge is -2.12. The lowest BCUT2D eigenvalue weighted by Crippen LogP contribution is -2.06. The van der Waals surface area contributed by atoms with E-state index in [9.17, 15) is 13.2 Å². The molecule has 0 radical (unpaired) electrons. The Kier molecular flexibility index (Phi) is 6.47. The van der Waals surface area contributed by atoms with E-state index >= 15 is 0 Å². The van der Waals surface area contributed by atoms with Crippen LogP contribution in [0.25, 0.3) is 42.9 Å². The number of thiazole rings is 1. The summed E-state index contributed by atoms with van der Waals surface area (Å²) in [6.45, 7) is 0.313. The van der Waals surface area contributed by atoms with Crippen molar-refractivity contribution in [2.24, 2.45) is 0 Å². The molecule has 4 nitrogen and oxygen atoms in total. The van der Waals surface area contributed by atoms with E-state index < -0.39 is 11.7 Å². The summed E-state index contributed by atoms with van der Waals surface area (Å²) in [4.78, 5) is 4.79. The van der Waals surface area contributed by atoms with Crippen molar-refractivity contribution >= 4 is 32.5 Å². The Morgan fingerprint density at radius 2 is 1.52 bits per heavy atom. The van der Waals surface area contributed by atoms with E-state index in [0.717, 1.165) is 32.4 Å². The van der Waals surface area contributed by atoms with E-state index in [2.05, 4.69) is 5.10 Å². The van der Waals surface area contributed by atoms with Gasteiger partial charge in [0.1, 0.15) is 22.0 Å². The first-order valence-electron chi connectivity index (χ1n) is 13.3. The molecule has 0 spiro atoms. The van der Waals surface area contributed by atoms with Gasteiger partial charge in [0.05, 0.1) is 33.6 Å². The molecule has 0 saturated heterocycles. The van der Waals surface area contributed by atoms with Crippen LogP contribution in [-0.4, -0.2) is 14.8 Å². The summed E-state index contributed by atoms with van der Waals surface area (Å²) in [5, 5.41) is 5.75. The molecular weight excluding hydrogens is 555 g/mol. The minimum absolute atomic E-state index is 0.0802. The van der Waals surface area contributed by atoms with E-state index in [4.69, 9.17) is 9.72 Å². The van der Waals surface area contributed by atoms with Crippen molar-refractivity contribution in [1.82, 2.24) is 14.8 Å². The zero-order valence-electron chi connectivity index (χ0n) is 22.0. The van der Waals surface area contributed by atoms with E-state index in [1.54, 1.807) is 22.1 Å². The summed E-state index contributed by atoms with van der Waals surface area (Å²) < 4.78 is 51.0. The molecule has 0 aliphatic heterocycles. The van der Waals surface area contributed by atoms with Gasteiger partial charge in [0.2, 0.25) is 0 Å². The average molecular weight is 578 g/mol. The molecule has 0 N–H and O–H groups in total. The van der Waals surface area contributed by atoms with Crippen molar-refractivity contribution in [2.45, 2.75) is 12.7 Å². The van der Waals surface area contributed by atoms with Gasteiger partial charge in [-0.3, -0.25) is 4.68 Å². The van der Waals surface area contributed by atoms with Crippen molar-refractivity contribution in [1.29, 1.82) is 0 Å². The second-order valence-electron chi connectivity index (χ2n) is 9.80. The first kappa shape index (κ1) is 26.0. The Labute approximate surface area is 243 Å². The molecule has 0 amide bonds. The van der Waals surface area contributed by atoms with Crippen molar-refractivity contribution in [3.63, 3.8) is 0 Å². The molecule has 0 fully saturated rings. The molecule has 0 saturated carbocycles. The van der Waals surface area contributed by atoms with Gasteiger partial charge in [-0.2, -0.15) is 18.3 Å². The van der Waals surface area contributed by atoms with Gasteiger partial charge in [-0.05, 0) is 48.0 Å². The molecule has 8 heteroatoms. The van der Waals surface area contributed by atoms with Gasteiger partial charge in [-0.15, -0.1) is 11.3 Å². The number of rotatable bonds is 6. The molecular formula is C34H22F3N3OS. The summed E-state index contributed by atoms with van der Waals surface area (Å²) in [7, 11) is 0. The molecule has 0 aliphatic carbocycles. The Morgan fingerprint density at radius 1 is 0.762 bits per heavy atom. The second kappa shape index (κ2) is 10.5. The van der Waals surface area contributed by atoms with E-state index in [1.165, 1.54) is 6.07 Å². The number of hydrogen-bond donors (Lipinski definition) is 0. The van der Waals surface area contributed by atoms with Gasteiger partial charge in [0.25, 0.3) is 0 Å². The zero-order chi connectivity index (χ0) is 28.7. The van der Waals surface area contributed by atoms with Crippen LogP contribution >= 0.6 is 11.3 Å². The molecule has 206 valence electrons. The third kappa shape index (κ3) is 4.90. The van der Waals surface area contributed by atoms with Crippen molar-refractivity contribution in [3.05, 3.63) is 132 Å². The molecule has 7 rings (SSSR count). The number of alkyl halides is 3. The third-order valence-electron chi connectivity index (χ3n) is 7.00. The predicted molar refractivity (Wildman–Crippen MR) is 161 cm³/mol. The van der Waals surface area contributed by atoms with Gasteiger partial charge in [-0.1, -0.05) is 78.9 Å².